The van der Waals surface area contributed by atoms with E-state index in [9.17, 15) is 4.79 Å². The van der Waals surface area contributed by atoms with E-state index in [4.69, 9.17) is 10.8 Å². The van der Waals surface area contributed by atoms with Crippen LogP contribution < -0.4 is 5.73 Å². The summed E-state index contributed by atoms with van der Waals surface area (Å²) in [6.07, 6.45) is 2.34. The van der Waals surface area contributed by atoms with Crippen LogP contribution in [0.4, 0.5) is 0 Å². The molecule has 1 unspecified atom stereocenters. The Balaban J connectivity index is 2.17. The quantitative estimate of drug-likeness (QED) is 0.649. The SMILES string of the molecule is NCC(C(=O)O)c1cc(C2CC2)[nH]n1. The zero-order valence-corrected chi connectivity index (χ0v) is 7.73. The Bertz CT molecular complexity index is 344. The van der Waals surface area contributed by atoms with Crippen LogP contribution in [0.25, 0.3) is 0 Å². The minimum absolute atomic E-state index is 0.0876. The standard InChI is InChI=1S/C9H13N3O2/c10-4-6(9(13)14)8-3-7(11-12-8)5-1-2-5/h3,5-6H,1-2,4,10H2,(H,11,12)(H,13,14). The molecule has 14 heavy (non-hydrogen) atoms. The zero-order chi connectivity index (χ0) is 10.1. The van der Waals surface area contributed by atoms with Crippen LogP contribution in [0, 0.1) is 0 Å². The van der Waals surface area contributed by atoms with Crippen LogP contribution >= 0.6 is 0 Å². The number of hydrogen-bond acceptors (Lipinski definition) is 3. The van der Waals surface area contributed by atoms with Crippen molar-refractivity contribution >= 4 is 5.97 Å². The fourth-order valence-corrected chi connectivity index (χ4v) is 1.48. The summed E-state index contributed by atoms with van der Waals surface area (Å²) in [6.45, 7) is 0.0876. The third-order valence-corrected chi connectivity index (χ3v) is 2.53. The Morgan fingerprint density at radius 2 is 2.50 bits per heavy atom. The molecule has 1 aromatic heterocycles. The predicted molar refractivity (Wildman–Crippen MR) is 50.0 cm³/mol. The number of nitrogens with zero attached hydrogens (tertiary/aromatic N) is 1. The number of aliphatic carboxylic acids is 1. The number of H-pyrrole nitrogens is 1. The molecule has 0 radical (unpaired) electrons. The van der Waals surface area contributed by atoms with E-state index in [1.54, 1.807) is 0 Å². The summed E-state index contributed by atoms with van der Waals surface area (Å²) in [5.41, 5.74) is 6.96. The Labute approximate surface area is 81.3 Å². The summed E-state index contributed by atoms with van der Waals surface area (Å²) in [5.74, 6) is -1.04. The number of carboxylic acid groups (broad SMARTS) is 1. The van der Waals surface area contributed by atoms with Crippen molar-refractivity contribution in [3.63, 3.8) is 0 Å². The molecule has 4 N–H and O–H groups in total. The average Bonchev–Trinajstić information content (AvgIpc) is 2.88. The van der Waals surface area contributed by atoms with E-state index >= 15 is 0 Å². The molecule has 0 aliphatic heterocycles. The third kappa shape index (κ3) is 1.63. The van der Waals surface area contributed by atoms with Crippen molar-refractivity contribution < 1.29 is 9.90 Å². The molecule has 0 saturated heterocycles. The highest BCUT2D eigenvalue weighted by atomic mass is 16.4. The molecular formula is C9H13N3O2. The van der Waals surface area contributed by atoms with E-state index in [-0.39, 0.29) is 6.54 Å². The van der Waals surface area contributed by atoms with Gasteiger partial charge in [-0.25, -0.2) is 0 Å². The van der Waals surface area contributed by atoms with Gasteiger partial charge < -0.3 is 10.8 Å². The first-order chi connectivity index (χ1) is 6.72. The van der Waals surface area contributed by atoms with Gasteiger partial charge in [-0.1, -0.05) is 0 Å². The molecule has 1 aromatic rings. The van der Waals surface area contributed by atoms with Gasteiger partial charge in [0.15, 0.2) is 0 Å². The van der Waals surface area contributed by atoms with Crippen LogP contribution in [-0.2, 0) is 4.79 Å². The number of carbonyl (C=O) groups is 1. The highest BCUT2D eigenvalue weighted by Crippen LogP contribution is 2.39. The Hall–Kier alpha value is -1.36. The van der Waals surface area contributed by atoms with Gasteiger partial charge in [-0.05, 0) is 18.9 Å². The summed E-state index contributed by atoms with van der Waals surface area (Å²) >= 11 is 0. The van der Waals surface area contributed by atoms with E-state index in [1.165, 1.54) is 12.8 Å². The molecule has 0 aromatic carbocycles. The lowest BCUT2D eigenvalue weighted by Gasteiger charge is -2.04. The number of hydrogen-bond donors (Lipinski definition) is 3. The summed E-state index contributed by atoms with van der Waals surface area (Å²) in [4.78, 5) is 10.8. The zero-order valence-electron chi connectivity index (χ0n) is 7.73. The van der Waals surface area contributed by atoms with Gasteiger partial charge in [-0.3, -0.25) is 9.89 Å². The molecule has 5 heteroatoms. The highest BCUT2D eigenvalue weighted by Gasteiger charge is 2.28. The van der Waals surface area contributed by atoms with Crippen LogP contribution in [0.15, 0.2) is 6.07 Å². The van der Waals surface area contributed by atoms with E-state index in [1.807, 2.05) is 6.07 Å². The van der Waals surface area contributed by atoms with Crippen molar-refractivity contribution in [1.29, 1.82) is 0 Å². The van der Waals surface area contributed by atoms with Gasteiger partial charge >= 0.3 is 5.97 Å². The number of aromatic amines is 1. The lowest BCUT2D eigenvalue weighted by molar-refractivity contribution is -0.138. The fourth-order valence-electron chi connectivity index (χ4n) is 1.48. The topological polar surface area (TPSA) is 92.0 Å². The largest absolute Gasteiger partial charge is 0.481 e. The molecule has 1 fully saturated rings. The smallest absolute Gasteiger partial charge is 0.313 e. The number of carboxylic acids is 1. The van der Waals surface area contributed by atoms with Crippen LogP contribution in [0.1, 0.15) is 36.1 Å². The minimum atomic E-state index is -0.915. The summed E-state index contributed by atoms with van der Waals surface area (Å²) < 4.78 is 0. The Morgan fingerprint density at radius 1 is 1.79 bits per heavy atom. The first-order valence-electron chi connectivity index (χ1n) is 4.70. The Kier molecular flexibility index (Phi) is 2.25. The van der Waals surface area contributed by atoms with Crippen LogP contribution in [0.2, 0.25) is 0 Å². The van der Waals surface area contributed by atoms with E-state index < -0.39 is 11.9 Å². The van der Waals surface area contributed by atoms with Crippen molar-refractivity contribution in [1.82, 2.24) is 10.2 Å². The van der Waals surface area contributed by atoms with Crippen LogP contribution in [0.3, 0.4) is 0 Å². The molecule has 1 aliphatic carbocycles. The second-order valence-corrected chi connectivity index (χ2v) is 3.65. The third-order valence-electron chi connectivity index (χ3n) is 2.53. The fraction of sp³-hybridized carbons (Fsp3) is 0.556. The molecule has 1 aliphatic rings. The number of rotatable bonds is 4. The highest BCUT2D eigenvalue weighted by molar-refractivity contribution is 5.75. The van der Waals surface area contributed by atoms with Crippen molar-refractivity contribution in [2.75, 3.05) is 6.54 Å². The molecule has 1 atom stereocenters. The van der Waals surface area contributed by atoms with Gasteiger partial charge in [0, 0.05) is 18.2 Å². The van der Waals surface area contributed by atoms with E-state index in [0.29, 0.717) is 11.6 Å². The molecule has 2 rings (SSSR count). The Morgan fingerprint density at radius 3 is 3.00 bits per heavy atom. The van der Waals surface area contributed by atoms with Crippen LogP contribution in [0.5, 0.6) is 0 Å². The molecule has 0 amide bonds. The van der Waals surface area contributed by atoms with Gasteiger partial charge in [-0.15, -0.1) is 0 Å². The molecule has 5 nitrogen and oxygen atoms in total. The summed E-state index contributed by atoms with van der Waals surface area (Å²) in [6, 6.07) is 1.82. The molecule has 0 bridgehead atoms. The molecule has 1 heterocycles. The second-order valence-electron chi connectivity index (χ2n) is 3.65. The number of nitrogens with two attached hydrogens (primary N) is 1. The van der Waals surface area contributed by atoms with Gasteiger partial charge in [0.05, 0.1) is 5.69 Å². The van der Waals surface area contributed by atoms with Gasteiger partial charge in [-0.2, -0.15) is 5.10 Å². The lowest BCUT2D eigenvalue weighted by Crippen LogP contribution is -2.21. The maximum atomic E-state index is 10.8. The molecular weight excluding hydrogens is 182 g/mol. The monoisotopic (exact) mass is 195 g/mol. The normalized spacial score (nSPS) is 18.1. The maximum Gasteiger partial charge on any atom is 0.313 e. The molecule has 1 saturated carbocycles. The van der Waals surface area contributed by atoms with Crippen molar-refractivity contribution in [2.24, 2.45) is 5.73 Å². The van der Waals surface area contributed by atoms with Gasteiger partial charge in [0.1, 0.15) is 5.92 Å². The first kappa shape index (κ1) is 9.21. The van der Waals surface area contributed by atoms with Crippen molar-refractivity contribution in [3.8, 4) is 0 Å². The van der Waals surface area contributed by atoms with Crippen molar-refractivity contribution in [3.05, 3.63) is 17.5 Å². The number of aromatic nitrogens is 2. The number of nitrogens with one attached hydrogen (secondary N) is 1. The van der Waals surface area contributed by atoms with E-state index in [0.717, 1.165) is 5.69 Å². The molecule has 76 valence electrons. The second kappa shape index (κ2) is 3.42. The predicted octanol–water partition coefficient (Wildman–Crippen LogP) is 0.414. The summed E-state index contributed by atoms with van der Waals surface area (Å²) in [7, 11) is 0. The van der Waals surface area contributed by atoms with Gasteiger partial charge in [0.25, 0.3) is 0 Å². The minimum Gasteiger partial charge on any atom is -0.481 e. The average molecular weight is 195 g/mol. The van der Waals surface area contributed by atoms with E-state index in [2.05, 4.69) is 10.2 Å². The molecule has 0 spiro atoms. The van der Waals surface area contributed by atoms with Crippen molar-refractivity contribution in [2.45, 2.75) is 24.7 Å². The lowest BCUT2D eigenvalue weighted by atomic mass is 10.1. The van der Waals surface area contributed by atoms with Gasteiger partial charge in [0.2, 0.25) is 0 Å². The van der Waals surface area contributed by atoms with Crippen LogP contribution in [-0.4, -0.2) is 27.8 Å². The maximum absolute atomic E-state index is 10.8. The first-order valence-corrected chi connectivity index (χ1v) is 4.70. The summed E-state index contributed by atoms with van der Waals surface area (Å²) in [5, 5.41) is 15.7.